The fourth-order valence-electron chi connectivity index (χ4n) is 2.36. The lowest BCUT2D eigenvalue weighted by Gasteiger charge is -2.24. The Balaban J connectivity index is 2.08. The Labute approximate surface area is 164 Å². The van der Waals surface area contributed by atoms with Crippen LogP contribution >= 0.6 is 12.2 Å². The summed E-state index contributed by atoms with van der Waals surface area (Å²) < 4.78 is 10.1. The van der Waals surface area contributed by atoms with E-state index in [1.165, 1.54) is 0 Å². The maximum Gasteiger partial charge on any atom is 0.325 e. The van der Waals surface area contributed by atoms with Crippen molar-refractivity contribution >= 4 is 29.2 Å². The molecule has 142 valence electrons. The van der Waals surface area contributed by atoms with E-state index in [1.807, 2.05) is 30.3 Å². The van der Waals surface area contributed by atoms with Crippen LogP contribution in [0.1, 0.15) is 22.8 Å². The highest BCUT2D eigenvalue weighted by molar-refractivity contribution is 7.80. The molecular formula is C20H22N2O4S. The van der Waals surface area contributed by atoms with Crippen LogP contribution in [0.5, 0.6) is 5.75 Å². The molecule has 0 aliphatic carbocycles. The molecule has 1 N–H and O–H groups in total. The number of benzene rings is 2. The van der Waals surface area contributed by atoms with E-state index in [2.05, 4.69) is 5.32 Å². The highest BCUT2D eigenvalue weighted by Crippen LogP contribution is 2.11. The fraction of sp³-hybridized carbons (Fsp3) is 0.250. The lowest BCUT2D eigenvalue weighted by atomic mass is 10.2. The van der Waals surface area contributed by atoms with Crippen molar-refractivity contribution in [1.82, 2.24) is 10.2 Å². The third-order valence-corrected chi connectivity index (χ3v) is 4.06. The maximum absolute atomic E-state index is 12.4. The Morgan fingerprint density at radius 2 is 1.74 bits per heavy atom. The van der Waals surface area contributed by atoms with Crippen molar-refractivity contribution in [3.8, 4) is 5.75 Å². The normalized spacial score (nSPS) is 10.0. The zero-order valence-electron chi connectivity index (χ0n) is 15.3. The monoisotopic (exact) mass is 386 g/mol. The minimum Gasteiger partial charge on any atom is -0.497 e. The van der Waals surface area contributed by atoms with Crippen LogP contribution in [0.3, 0.4) is 0 Å². The molecule has 0 saturated carbocycles. The van der Waals surface area contributed by atoms with E-state index >= 15 is 0 Å². The number of nitrogens with one attached hydrogen (secondary N) is 1. The first kappa shape index (κ1) is 20.4. The van der Waals surface area contributed by atoms with Gasteiger partial charge in [-0.25, -0.2) is 0 Å². The number of esters is 1. The van der Waals surface area contributed by atoms with E-state index in [0.717, 1.165) is 5.56 Å². The largest absolute Gasteiger partial charge is 0.497 e. The molecule has 0 aliphatic heterocycles. The lowest BCUT2D eigenvalue weighted by molar-refractivity contribution is -0.143. The van der Waals surface area contributed by atoms with E-state index in [1.54, 1.807) is 43.2 Å². The highest BCUT2D eigenvalue weighted by Gasteiger charge is 2.18. The molecule has 0 heterocycles. The molecule has 0 fully saturated rings. The summed E-state index contributed by atoms with van der Waals surface area (Å²) in [5.41, 5.74) is 1.40. The van der Waals surface area contributed by atoms with Gasteiger partial charge < -0.3 is 14.4 Å². The number of carbonyl (C=O) groups excluding carboxylic acids is 2. The molecule has 27 heavy (non-hydrogen) atoms. The SMILES string of the molecule is CCOC(=O)CN(Cc1ccccc1)C(=S)NC(=O)c1ccc(OC)cc1. The molecule has 0 saturated heterocycles. The van der Waals surface area contributed by atoms with Crippen molar-refractivity contribution < 1.29 is 19.1 Å². The number of nitrogens with zero attached hydrogens (tertiary/aromatic N) is 1. The number of hydrogen-bond acceptors (Lipinski definition) is 5. The van der Waals surface area contributed by atoms with Crippen LogP contribution in [-0.4, -0.2) is 42.2 Å². The van der Waals surface area contributed by atoms with Gasteiger partial charge in [0.1, 0.15) is 12.3 Å². The summed E-state index contributed by atoms with van der Waals surface area (Å²) in [5, 5.41) is 2.83. The second-order valence-corrected chi connectivity index (χ2v) is 6.02. The molecule has 6 nitrogen and oxygen atoms in total. The molecule has 0 radical (unpaired) electrons. The molecule has 0 atom stereocenters. The maximum atomic E-state index is 12.4. The van der Waals surface area contributed by atoms with E-state index in [9.17, 15) is 9.59 Å². The molecule has 1 amide bonds. The predicted molar refractivity (Wildman–Crippen MR) is 107 cm³/mol. The van der Waals surface area contributed by atoms with Gasteiger partial charge >= 0.3 is 5.97 Å². The summed E-state index contributed by atoms with van der Waals surface area (Å²) in [4.78, 5) is 26.0. The van der Waals surface area contributed by atoms with E-state index in [4.69, 9.17) is 21.7 Å². The van der Waals surface area contributed by atoms with Gasteiger partial charge in [0, 0.05) is 12.1 Å². The smallest absolute Gasteiger partial charge is 0.325 e. The summed E-state index contributed by atoms with van der Waals surface area (Å²) >= 11 is 5.36. The standard InChI is InChI=1S/C20H22N2O4S/c1-3-26-18(23)14-22(13-15-7-5-4-6-8-15)20(27)21-19(24)16-9-11-17(25-2)12-10-16/h4-12H,3,13-14H2,1-2H3,(H,21,24,27). The van der Waals surface area contributed by atoms with Crippen LogP contribution in [0.15, 0.2) is 54.6 Å². The number of amides is 1. The molecule has 0 aliphatic rings. The first-order valence-electron chi connectivity index (χ1n) is 8.47. The van der Waals surface area contributed by atoms with Gasteiger partial charge in [-0.1, -0.05) is 30.3 Å². The van der Waals surface area contributed by atoms with Crippen LogP contribution in [0.2, 0.25) is 0 Å². The highest BCUT2D eigenvalue weighted by atomic mass is 32.1. The Morgan fingerprint density at radius 3 is 2.33 bits per heavy atom. The Morgan fingerprint density at radius 1 is 1.07 bits per heavy atom. The third kappa shape index (κ3) is 6.38. The average molecular weight is 386 g/mol. The molecule has 2 aromatic rings. The zero-order valence-corrected chi connectivity index (χ0v) is 16.1. The van der Waals surface area contributed by atoms with Crippen molar-refractivity contribution in [3.05, 3.63) is 65.7 Å². The van der Waals surface area contributed by atoms with Crippen molar-refractivity contribution in [2.75, 3.05) is 20.3 Å². The number of carbonyl (C=O) groups is 2. The van der Waals surface area contributed by atoms with Crippen LogP contribution < -0.4 is 10.1 Å². The minimum atomic E-state index is -0.408. The summed E-state index contributed by atoms with van der Waals surface area (Å²) in [6.45, 7) is 2.35. The van der Waals surface area contributed by atoms with Crippen LogP contribution in [0.4, 0.5) is 0 Å². The van der Waals surface area contributed by atoms with Crippen LogP contribution in [-0.2, 0) is 16.1 Å². The molecule has 0 bridgehead atoms. The Bertz CT molecular complexity index is 778. The fourth-order valence-corrected chi connectivity index (χ4v) is 2.58. The second-order valence-electron chi connectivity index (χ2n) is 5.63. The van der Waals surface area contributed by atoms with Crippen molar-refractivity contribution in [1.29, 1.82) is 0 Å². The van der Waals surface area contributed by atoms with E-state index < -0.39 is 5.97 Å². The van der Waals surface area contributed by atoms with Crippen molar-refractivity contribution in [2.24, 2.45) is 0 Å². The summed E-state index contributed by atoms with van der Waals surface area (Å²) in [6, 6.07) is 16.2. The Kier molecular flexibility index (Phi) is 7.76. The number of methoxy groups -OCH3 is 1. The molecular weight excluding hydrogens is 364 g/mol. The first-order valence-corrected chi connectivity index (χ1v) is 8.88. The number of hydrogen-bond donors (Lipinski definition) is 1. The molecule has 0 aromatic heterocycles. The number of rotatable bonds is 7. The molecule has 7 heteroatoms. The van der Waals surface area contributed by atoms with Gasteiger partial charge in [0.05, 0.1) is 13.7 Å². The van der Waals surface area contributed by atoms with Crippen molar-refractivity contribution in [3.63, 3.8) is 0 Å². The average Bonchev–Trinajstić information content (AvgIpc) is 2.68. The van der Waals surface area contributed by atoms with Gasteiger partial charge in [-0.3, -0.25) is 14.9 Å². The summed E-state index contributed by atoms with van der Waals surface area (Å²) in [5.74, 6) is -0.110. The van der Waals surface area contributed by atoms with E-state index in [-0.39, 0.29) is 24.2 Å². The van der Waals surface area contributed by atoms with Gasteiger partial charge in [-0.2, -0.15) is 0 Å². The van der Waals surface area contributed by atoms with E-state index in [0.29, 0.717) is 17.9 Å². The van der Waals surface area contributed by atoms with Crippen LogP contribution in [0, 0.1) is 0 Å². The third-order valence-electron chi connectivity index (χ3n) is 3.70. The van der Waals surface area contributed by atoms with Gasteiger partial charge in [0.25, 0.3) is 5.91 Å². The zero-order chi connectivity index (χ0) is 19.6. The van der Waals surface area contributed by atoms with Gasteiger partial charge in [0.15, 0.2) is 5.11 Å². The van der Waals surface area contributed by atoms with Gasteiger partial charge in [0.2, 0.25) is 0 Å². The quantitative estimate of drug-likeness (QED) is 0.583. The number of ether oxygens (including phenoxy) is 2. The summed E-state index contributed by atoms with van der Waals surface area (Å²) in [6.07, 6.45) is 0. The Hall–Kier alpha value is -2.93. The second kappa shape index (κ2) is 10.3. The summed E-state index contributed by atoms with van der Waals surface area (Å²) in [7, 11) is 1.56. The molecule has 2 aromatic carbocycles. The predicted octanol–water partition coefficient (Wildman–Crippen LogP) is 2.78. The minimum absolute atomic E-state index is 0.0511. The first-order chi connectivity index (χ1) is 13.0. The molecule has 0 spiro atoms. The van der Waals surface area contributed by atoms with Gasteiger partial charge in [-0.15, -0.1) is 0 Å². The molecule has 0 unspecified atom stereocenters. The molecule has 2 rings (SSSR count). The lowest BCUT2D eigenvalue weighted by Crippen LogP contribution is -2.44. The van der Waals surface area contributed by atoms with Crippen LogP contribution in [0.25, 0.3) is 0 Å². The van der Waals surface area contributed by atoms with Crippen molar-refractivity contribution in [2.45, 2.75) is 13.5 Å². The number of thiocarbonyl (C=S) groups is 1. The van der Waals surface area contributed by atoms with Gasteiger partial charge in [-0.05, 0) is 49.0 Å². The topological polar surface area (TPSA) is 67.9 Å².